The van der Waals surface area contributed by atoms with Crippen LogP contribution >= 0.6 is 0 Å². The summed E-state index contributed by atoms with van der Waals surface area (Å²) in [5.74, 6) is 1.10. The third-order valence-corrected chi connectivity index (χ3v) is 6.57. The first-order chi connectivity index (χ1) is 18.3. The smallest absolute Gasteiger partial charge is 0.306 e. The van der Waals surface area contributed by atoms with Crippen molar-refractivity contribution in [3.05, 3.63) is 47.5 Å². The lowest BCUT2D eigenvalue weighted by Crippen LogP contribution is -2.25. The molecular formula is C32H42O6. The molecule has 0 fully saturated rings. The van der Waals surface area contributed by atoms with Crippen molar-refractivity contribution in [2.45, 2.75) is 92.3 Å². The number of hydrogen-bond acceptors (Lipinski definition) is 6. The van der Waals surface area contributed by atoms with E-state index < -0.39 is 0 Å². The Morgan fingerprint density at radius 1 is 0.632 bits per heavy atom. The highest BCUT2D eigenvalue weighted by Crippen LogP contribution is 2.43. The van der Waals surface area contributed by atoms with Gasteiger partial charge in [0.15, 0.2) is 0 Å². The summed E-state index contributed by atoms with van der Waals surface area (Å²) in [6.07, 6.45) is 2.99. The first-order valence-electron chi connectivity index (χ1n) is 13.9. The van der Waals surface area contributed by atoms with Gasteiger partial charge in [0, 0.05) is 34.4 Å². The van der Waals surface area contributed by atoms with Gasteiger partial charge in [0.1, 0.15) is 36.9 Å². The fourth-order valence-corrected chi connectivity index (χ4v) is 4.41. The lowest BCUT2D eigenvalue weighted by Gasteiger charge is -2.22. The number of aryl methyl sites for hydroxylation is 2. The summed E-state index contributed by atoms with van der Waals surface area (Å²) < 4.78 is 24.2. The summed E-state index contributed by atoms with van der Waals surface area (Å²) in [4.78, 5) is 24.2. The maximum atomic E-state index is 12.1. The van der Waals surface area contributed by atoms with Crippen molar-refractivity contribution >= 4 is 33.5 Å². The molecule has 6 heteroatoms. The molecule has 0 aliphatic carbocycles. The Labute approximate surface area is 226 Å². The molecule has 206 valence electrons. The van der Waals surface area contributed by atoms with E-state index in [1.54, 1.807) is 0 Å². The zero-order valence-corrected chi connectivity index (χ0v) is 23.7. The molecule has 0 heterocycles. The van der Waals surface area contributed by atoms with Crippen LogP contribution in [0.15, 0.2) is 36.4 Å². The summed E-state index contributed by atoms with van der Waals surface area (Å²) in [6, 6.07) is 12.4. The van der Waals surface area contributed by atoms with E-state index in [2.05, 4.69) is 36.4 Å². The van der Waals surface area contributed by atoms with Crippen molar-refractivity contribution in [2.75, 3.05) is 13.2 Å². The van der Waals surface area contributed by atoms with E-state index in [1.165, 1.54) is 0 Å². The first kappa shape index (κ1) is 29.3. The molecule has 6 nitrogen and oxygen atoms in total. The van der Waals surface area contributed by atoms with Crippen LogP contribution in [0, 0.1) is 13.8 Å². The predicted molar refractivity (Wildman–Crippen MR) is 152 cm³/mol. The topological polar surface area (TPSA) is 71.1 Å². The molecule has 0 aliphatic rings. The van der Waals surface area contributed by atoms with Gasteiger partial charge in [0.25, 0.3) is 0 Å². The highest BCUT2D eigenvalue weighted by atomic mass is 16.6. The summed E-state index contributed by atoms with van der Waals surface area (Å²) in [5.41, 5.74) is 2.20. The molecule has 3 aromatic carbocycles. The monoisotopic (exact) mass is 522 g/mol. The fourth-order valence-electron chi connectivity index (χ4n) is 4.41. The fraction of sp³-hybridized carbons (Fsp3) is 0.500. The average molecular weight is 523 g/mol. The van der Waals surface area contributed by atoms with Crippen LogP contribution in [0.5, 0.6) is 11.5 Å². The predicted octanol–water partition coefficient (Wildman–Crippen LogP) is 7.61. The van der Waals surface area contributed by atoms with Crippen LogP contribution in [0.25, 0.3) is 21.5 Å². The molecule has 2 atom stereocenters. The van der Waals surface area contributed by atoms with Crippen molar-refractivity contribution in [3.63, 3.8) is 0 Å². The van der Waals surface area contributed by atoms with E-state index in [4.69, 9.17) is 18.9 Å². The van der Waals surface area contributed by atoms with Crippen molar-refractivity contribution in [1.82, 2.24) is 0 Å². The Bertz CT molecular complexity index is 1150. The Morgan fingerprint density at radius 3 is 1.37 bits per heavy atom. The minimum absolute atomic E-state index is 0.196. The van der Waals surface area contributed by atoms with Crippen LogP contribution in [0.4, 0.5) is 0 Å². The van der Waals surface area contributed by atoms with Crippen molar-refractivity contribution in [3.8, 4) is 11.5 Å². The summed E-state index contributed by atoms with van der Waals surface area (Å²) in [5, 5.41) is 3.72. The Hall–Kier alpha value is -3.28. The number of carbonyl (C=O) groups is 2. The van der Waals surface area contributed by atoms with Gasteiger partial charge < -0.3 is 18.9 Å². The van der Waals surface area contributed by atoms with Gasteiger partial charge in [0.2, 0.25) is 0 Å². The molecule has 2 unspecified atom stereocenters. The van der Waals surface area contributed by atoms with Gasteiger partial charge in [-0.05, 0) is 51.7 Å². The normalized spacial score (nSPS) is 12.8. The number of hydrogen-bond donors (Lipinski definition) is 0. The molecule has 0 saturated carbocycles. The minimum atomic E-state index is -0.326. The highest BCUT2D eigenvalue weighted by molar-refractivity contribution is 6.11. The minimum Gasteiger partial charge on any atom is -0.488 e. The second-order valence-corrected chi connectivity index (χ2v) is 9.92. The highest BCUT2D eigenvalue weighted by Gasteiger charge is 2.21. The SMILES string of the molecule is CCCC(=O)OC(CC)COc1c2ccc(C)cc2c(OCC(CC)OC(=O)CCC)c2ccc(C)cc12. The van der Waals surface area contributed by atoms with Crippen LogP contribution in [0.2, 0.25) is 0 Å². The van der Waals surface area contributed by atoms with Crippen LogP contribution in [0.3, 0.4) is 0 Å². The maximum Gasteiger partial charge on any atom is 0.306 e. The molecule has 0 N–H and O–H groups in total. The van der Waals surface area contributed by atoms with Gasteiger partial charge in [-0.1, -0.05) is 63.1 Å². The second-order valence-electron chi connectivity index (χ2n) is 9.92. The zero-order valence-electron chi connectivity index (χ0n) is 23.7. The molecule has 0 spiro atoms. The van der Waals surface area contributed by atoms with Crippen molar-refractivity contribution < 1.29 is 28.5 Å². The van der Waals surface area contributed by atoms with Crippen LogP contribution < -0.4 is 9.47 Å². The number of benzene rings is 3. The lowest BCUT2D eigenvalue weighted by atomic mass is 9.97. The Kier molecular flexibility index (Phi) is 10.8. The van der Waals surface area contributed by atoms with E-state index in [9.17, 15) is 9.59 Å². The molecule has 0 bridgehead atoms. The Balaban J connectivity index is 2.02. The van der Waals surface area contributed by atoms with Gasteiger partial charge in [-0.2, -0.15) is 0 Å². The van der Waals surface area contributed by atoms with Gasteiger partial charge in [-0.25, -0.2) is 0 Å². The van der Waals surface area contributed by atoms with E-state index >= 15 is 0 Å². The second kappa shape index (κ2) is 14.0. The number of ether oxygens (including phenoxy) is 4. The van der Waals surface area contributed by atoms with Crippen molar-refractivity contribution in [1.29, 1.82) is 0 Å². The van der Waals surface area contributed by atoms with Gasteiger partial charge >= 0.3 is 11.9 Å². The van der Waals surface area contributed by atoms with Gasteiger partial charge in [-0.15, -0.1) is 0 Å². The molecule has 3 rings (SSSR count). The summed E-state index contributed by atoms with van der Waals surface area (Å²) in [7, 11) is 0. The quantitative estimate of drug-likeness (QED) is 0.160. The average Bonchev–Trinajstić information content (AvgIpc) is 2.89. The summed E-state index contributed by atoms with van der Waals surface area (Å²) >= 11 is 0. The lowest BCUT2D eigenvalue weighted by molar-refractivity contribution is -0.151. The number of fused-ring (bicyclic) bond motifs is 2. The standard InChI is InChI=1S/C32H42O6/c1-7-11-29(33)37-23(9-3)19-35-31-25-15-13-22(6)18-28(25)32(26-16-14-21(5)17-27(26)31)36-20-24(10-4)38-30(34)12-8-2/h13-18,23-24H,7-12,19-20H2,1-6H3. The number of rotatable bonds is 14. The molecule has 0 aliphatic heterocycles. The molecule has 0 amide bonds. The van der Waals surface area contributed by atoms with E-state index in [-0.39, 0.29) is 37.4 Å². The third kappa shape index (κ3) is 7.40. The number of carbonyl (C=O) groups excluding carboxylic acids is 2. The largest absolute Gasteiger partial charge is 0.488 e. The molecular weight excluding hydrogens is 480 g/mol. The van der Waals surface area contributed by atoms with Crippen LogP contribution in [0.1, 0.15) is 77.3 Å². The maximum absolute atomic E-state index is 12.1. The molecule has 0 radical (unpaired) electrons. The Morgan fingerprint density at radius 2 is 1.03 bits per heavy atom. The van der Waals surface area contributed by atoms with E-state index in [0.717, 1.165) is 57.0 Å². The van der Waals surface area contributed by atoms with Crippen molar-refractivity contribution in [2.24, 2.45) is 0 Å². The van der Waals surface area contributed by atoms with E-state index in [0.29, 0.717) is 25.7 Å². The van der Waals surface area contributed by atoms with Gasteiger partial charge in [-0.3, -0.25) is 9.59 Å². The number of esters is 2. The van der Waals surface area contributed by atoms with Crippen LogP contribution in [-0.2, 0) is 19.1 Å². The molecule has 0 saturated heterocycles. The summed E-state index contributed by atoms with van der Waals surface area (Å²) in [6.45, 7) is 12.5. The van der Waals surface area contributed by atoms with E-state index in [1.807, 2.05) is 41.5 Å². The molecule has 3 aromatic rings. The van der Waals surface area contributed by atoms with Crippen LogP contribution in [-0.4, -0.2) is 37.4 Å². The van der Waals surface area contributed by atoms with Gasteiger partial charge in [0.05, 0.1) is 0 Å². The zero-order chi connectivity index (χ0) is 27.7. The molecule has 0 aromatic heterocycles. The molecule has 38 heavy (non-hydrogen) atoms. The first-order valence-corrected chi connectivity index (χ1v) is 13.9. The third-order valence-electron chi connectivity index (χ3n) is 6.57.